The molecule has 0 saturated heterocycles. The highest BCUT2D eigenvalue weighted by Gasteiger charge is 2.16. The standard InChI is InChI=1S/C17H10FIN2O3S/c18-10-2-3-11(12(19)6-10)16(22)21-17-20-13(7-25-17)9-1-4-14-15(5-9)24-8-23-14/h1-7H,8H2,(H,20,21,22). The smallest absolute Gasteiger partial charge is 0.258 e. The van der Waals surface area contributed by atoms with Gasteiger partial charge in [0.2, 0.25) is 6.79 Å². The monoisotopic (exact) mass is 468 g/mol. The van der Waals surface area contributed by atoms with Crippen LogP contribution in [-0.2, 0) is 0 Å². The Labute approximate surface area is 159 Å². The van der Waals surface area contributed by atoms with Crippen molar-refractivity contribution in [3.63, 3.8) is 0 Å². The molecular formula is C17H10FIN2O3S. The number of fused-ring (bicyclic) bond motifs is 1. The Kier molecular flexibility index (Phi) is 4.30. The summed E-state index contributed by atoms with van der Waals surface area (Å²) in [5.41, 5.74) is 2.01. The summed E-state index contributed by atoms with van der Waals surface area (Å²) < 4.78 is 24.4. The average molecular weight is 468 g/mol. The van der Waals surface area contributed by atoms with Crippen LogP contribution in [0.15, 0.2) is 41.8 Å². The first kappa shape index (κ1) is 16.3. The van der Waals surface area contributed by atoms with Crippen molar-refractivity contribution >= 4 is 45.0 Å². The van der Waals surface area contributed by atoms with Gasteiger partial charge in [-0.05, 0) is 59.0 Å². The Morgan fingerprint density at radius 2 is 2.04 bits per heavy atom. The molecule has 0 aliphatic carbocycles. The van der Waals surface area contributed by atoms with Gasteiger partial charge in [-0.3, -0.25) is 10.1 Å². The van der Waals surface area contributed by atoms with Crippen molar-refractivity contribution in [1.29, 1.82) is 0 Å². The molecule has 8 heteroatoms. The molecule has 0 fully saturated rings. The number of benzene rings is 2. The molecular weight excluding hydrogens is 458 g/mol. The van der Waals surface area contributed by atoms with Gasteiger partial charge in [-0.15, -0.1) is 11.3 Å². The van der Waals surface area contributed by atoms with Crippen LogP contribution < -0.4 is 14.8 Å². The molecule has 2 aromatic carbocycles. The molecule has 1 aromatic heterocycles. The van der Waals surface area contributed by atoms with Crippen molar-refractivity contribution in [1.82, 2.24) is 4.98 Å². The first-order valence-electron chi connectivity index (χ1n) is 7.22. The van der Waals surface area contributed by atoms with E-state index in [1.165, 1.54) is 29.5 Å². The fraction of sp³-hybridized carbons (Fsp3) is 0.0588. The van der Waals surface area contributed by atoms with Crippen molar-refractivity contribution in [2.75, 3.05) is 12.1 Å². The molecule has 0 atom stereocenters. The maximum atomic E-state index is 13.2. The molecule has 0 spiro atoms. The van der Waals surface area contributed by atoms with Gasteiger partial charge in [0.05, 0.1) is 11.3 Å². The largest absolute Gasteiger partial charge is 0.454 e. The summed E-state index contributed by atoms with van der Waals surface area (Å²) in [4.78, 5) is 16.8. The van der Waals surface area contributed by atoms with Crippen LogP contribution in [0.3, 0.4) is 0 Å². The Morgan fingerprint density at radius 3 is 2.88 bits per heavy atom. The summed E-state index contributed by atoms with van der Waals surface area (Å²) in [5.74, 6) is 0.687. The van der Waals surface area contributed by atoms with E-state index in [2.05, 4.69) is 10.3 Å². The second-order valence-corrected chi connectivity index (χ2v) is 7.20. The Bertz CT molecular complexity index is 976. The highest BCUT2D eigenvalue weighted by Crippen LogP contribution is 2.36. The van der Waals surface area contributed by atoms with Gasteiger partial charge in [-0.2, -0.15) is 0 Å². The van der Waals surface area contributed by atoms with Crippen LogP contribution in [0.4, 0.5) is 9.52 Å². The van der Waals surface area contributed by atoms with Crippen LogP contribution >= 0.6 is 33.9 Å². The minimum absolute atomic E-state index is 0.216. The predicted molar refractivity (Wildman–Crippen MR) is 101 cm³/mol. The van der Waals surface area contributed by atoms with E-state index in [1.54, 1.807) is 0 Å². The minimum Gasteiger partial charge on any atom is -0.454 e. The van der Waals surface area contributed by atoms with Crippen molar-refractivity contribution < 1.29 is 18.7 Å². The number of anilines is 1. The summed E-state index contributed by atoms with van der Waals surface area (Å²) in [6.45, 7) is 0.216. The number of halogens is 2. The highest BCUT2D eigenvalue weighted by molar-refractivity contribution is 14.1. The van der Waals surface area contributed by atoms with Crippen LogP contribution in [0.2, 0.25) is 0 Å². The number of thiazole rings is 1. The zero-order valence-electron chi connectivity index (χ0n) is 12.6. The summed E-state index contributed by atoms with van der Waals surface area (Å²) in [6.07, 6.45) is 0. The number of carbonyl (C=O) groups excluding carboxylic acids is 1. The zero-order chi connectivity index (χ0) is 17.4. The van der Waals surface area contributed by atoms with Gasteiger partial charge in [0.25, 0.3) is 5.91 Å². The van der Waals surface area contributed by atoms with E-state index in [-0.39, 0.29) is 18.5 Å². The molecule has 1 aliphatic rings. The molecule has 3 aromatic rings. The first-order valence-corrected chi connectivity index (χ1v) is 9.18. The molecule has 1 N–H and O–H groups in total. The number of nitrogens with one attached hydrogen (secondary N) is 1. The molecule has 25 heavy (non-hydrogen) atoms. The Balaban J connectivity index is 1.54. The van der Waals surface area contributed by atoms with Crippen LogP contribution in [0.1, 0.15) is 10.4 Å². The van der Waals surface area contributed by atoms with Crippen LogP contribution in [0.25, 0.3) is 11.3 Å². The molecule has 4 rings (SSSR count). The number of ether oxygens (including phenoxy) is 2. The van der Waals surface area contributed by atoms with E-state index in [4.69, 9.17) is 9.47 Å². The predicted octanol–water partition coefficient (Wildman–Crippen LogP) is 4.53. The Hall–Kier alpha value is -2.20. The molecule has 1 amide bonds. The normalized spacial score (nSPS) is 12.2. The van der Waals surface area contributed by atoms with Gasteiger partial charge < -0.3 is 9.47 Å². The Morgan fingerprint density at radius 1 is 1.20 bits per heavy atom. The summed E-state index contributed by atoms with van der Waals surface area (Å²) in [5, 5.41) is 5.07. The summed E-state index contributed by atoms with van der Waals surface area (Å²) in [7, 11) is 0. The van der Waals surface area contributed by atoms with E-state index >= 15 is 0 Å². The summed E-state index contributed by atoms with van der Waals surface area (Å²) in [6, 6.07) is 9.60. The molecule has 0 saturated carbocycles. The molecule has 126 valence electrons. The van der Waals surface area contributed by atoms with Crippen molar-refractivity contribution in [2.24, 2.45) is 0 Å². The maximum Gasteiger partial charge on any atom is 0.258 e. The fourth-order valence-corrected chi connectivity index (χ4v) is 3.79. The number of rotatable bonds is 3. The lowest BCUT2D eigenvalue weighted by atomic mass is 10.1. The lowest BCUT2D eigenvalue weighted by Crippen LogP contribution is -2.13. The molecule has 2 heterocycles. The highest BCUT2D eigenvalue weighted by atomic mass is 127. The minimum atomic E-state index is -0.375. The van der Waals surface area contributed by atoms with Crippen molar-refractivity contribution in [3.05, 3.63) is 56.7 Å². The van der Waals surface area contributed by atoms with Gasteiger partial charge in [-0.1, -0.05) is 0 Å². The molecule has 0 radical (unpaired) electrons. The average Bonchev–Trinajstić information content (AvgIpc) is 3.22. The third-order valence-corrected chi connectivity index (χ3v) is 5.22. The van der Waals surface area contributed by atoms with Crippen LogP contribution in [0, 0.1) is 9.39 Å². The van der Waals surface area contributed by atoms with Gasteiger partial charge in [0.1, 0.15) is 5.82 Å². The molecule has 1 aliphatic heterocycles. The number of carbonyl (C=O) groups is 1. The fourth-order valence-electron chi connectivity index (χ4n) is 2.36. The molecule has 5 nitrogen and oxygen atoms in total. The van der Waals surface area contributed by atoms with Gasteiger partial charge in [0.15, 0.2) is 16.6 Å². The maximum absolute atomic E-state index is 13.2. The third kappa shape index (κ3) is 3.31. The lowest BCUT2D eigenvalue weighted by molar-refractivity contribution is 0.102. The topological polar surface area (TPSA) is 60.5 Å². The lowest BCUT2D eigenvalue weighted by Gasteiger charge is -2.04. The number of nitrogens with zero attached hydrogens (tertiary/aromatic N) is 1. The summed E-state index contributed by atoms with van der Waals surface area (Å²) >= 11 is 3.25. The third-order valence-electron chi connectivity index (χ3n) is 3.57. The second-order valence-electron chi connectivity index (χ2n) is 5.18. The number of hydrogen-bond acceptors (Lipinski definition) is 5. The molecule has 0 unspecified atom stereocenters. The van der Waals surface area contributed by atoms with Crippen LogP contribution in [-0.4, -0.2) is 17.7 Å². The SMILES string of the molecule is O=C(Nc1nc(-c2ccc3c(c2)OCO3)cs1)c1ccc(F)cc1I. The van der Waals surface area contributed by atoms with Gasteiger partial charge in [-0.25, -0.2) is 9.37 Å². The van der Waals surface area contributed by atoms with Gasteiger partial charge >= 0.3 is 0 Å². The van der Waals surface area contributed by atoms with E-state index < -0.39 is 0 Å². The van der Waals surface area contributed by atoms with Crippen LogP contribution in [0.5, 0.6) is 11.5 Å². The van der Waals surface area contributed by atoms with Gasteiger partial charge in [0, 0.05) is 14.5 Å². The first-order chi connectivity index (χ1) is 12.1. The zero-order valence-corrected chi connectivity index (χ0v) is 15.6. The van der Waals surface area contributed by atoms with Crippen molar-refractivity contribution in [2.45, 2.75) is 0 Å². The number of aromatic nitrogens is 1. The van der Waals surface area contributed by atoms with Crippen molar-refractivity contribution in [3.8, 4) is 22.8 Å². The quantitative estimate of drug-likeness (QED) is 0.574. The van der Waals surface area contributed by atoms with E-state index in [0.29, 0.717) is 25.8 Å². The number of hydrogen-bond donors (Lipinski definition) is 1. The van der Waals surface area contributed by atoms with E-state index in [0.717, 1.165) is 11.3 Å². The van der Waals surface area contributed by atoms with E-state index in [9.17, 15) is 9.18 Å². The molecule has 0 bridgehead atoms. The second kappa shape index (κ2) is 6.60. The number of amides is 1. The van der Waals surface area contributed by atoms with E-state index in [1.807, 2.05) is 46.2 Å².